The van der Waals surface area contributed by atoms with Gasteiger partial charge in [0, 0.05) is 13.1 Å². The van der Waals surface area contributed by atoms with Crippen LogP contribution in [0.5, 0.6) is 0 Å². The summed E-state index contributed by atoms with van der Waals surface area (Å²) in [5.74, 6) is 2.20. The molecule has 3 nitrogen and oxygen atoms in total. The van der Waals surface area contributed by atoms with Gasteiger partial charge in [0.05, 0.1) is 5.41 Å². The van der Waals surface area contributed by atoms with Crippen molar-refractivity contribution in [1.29, 1.82) is 0 Å². The van der Waals surface area contributed by atoms with Gasteiger partial charge in [-0.15, -0.1) is 0 Å². The first kappa shape index (κ1) is 17.8. The summed E-state index contributed by atoms with van der Waals surface area (Å²) in [6, 6.07) is 0. The first-order valence-corrected chi connectivity index (χ1v) is 9.51. The van der Waals surface area contributed by atoms with E-state index in [0.717, 1.165) is 44.6 Å². The molecule has 0 bridgehead atoms. The van der Waals surface area contributed by atoms with Crippen LogP contribution < -0.4 is 11.1 Å². The molecule has 1 saturated carbocycles. The molecular formula is C16H32N2OS. The Morgan fingerprint density at radius 2 is 1.90 bits per heavy atom. The summed E-state index contributed by atoms with van der Waals surface area (Å²) in [7, 11) is 0. The van der Waals surface area contributed by atoms with Crippen LogP contribution in [0.2, 0.25) is 0 Å². The molecule has 4 heteroatoms. The number of hydrogen-bond acceptors (Lipinski definition) is 3. The van der Waals surface area contributed by atoms with Crippen LogP contribution in [0.15, 0.2) is 0 Å². The molecule has 1 rings (SSSR count). The number of hydrogen-bond donors (Lipinski definition) is 2. The van der Waals surface area contributed by atoms with E-state index in [0.29, 0.717) is 6.54 Å². The third-order valence-electron chi connectivity index (χ3n) is 4.66. The molecular weight excluding hydrogens is 268 g/mol. The fourth-order valence-corrected chi connectivity index (χ4v) is 3.45. The van der Waals surface area contributed by atoms with E-state index in [9.17, 15) is 4.79 Å². The van der Waals surface area contributed by atoms with E-state index in [1.54, 1.807) is 0 Å². The molecule has 0 aromatic heterocycles. The van der Waals surface area contributed by atoms with Crippen LogP contribution in [-0.2, 0) is 4.79 Å². The Balaban J connectivity index is 2.20. The van der Waals surface area contributed by atoms with Gasteiger partial charge in [-0.05, 0) is 56.5 Å². The third-order valence-corrected chi connectivity index (χ3v) is 5.36. The van der Waals surface area contributed by atoms with Gasteiger partial charge in [-0.2, -0.15) is 11.8 Å². The van der Waals surface area contributed by atoms with Crippen LogP contribution in [0.3, 0.4) is 0 Å². The number of amides is 1. The Kier molecular flexibility index (Phi) is 8.62. The zero-order valence-electron chi connectivity index (χ0n) is 13.2. The second-order valence-corrected chi connectivity index (χ2v) is 7.32. The van der Waals surface area contributed by atoms with E-state index >= 15 is 0 Å². The summed E-state index contributed by atoms with van der Waals surface area (Å²) in [6.07, 6.45) is 11.2. The van der Waals surface area contributed by atoms with E-state index in [2.05, 4.69) is 18.5 Å². The Morgan fingerprint density at radius 1 is 1.25 bits per heavy atom. The van der Waals surface area contributed by atoms with Crippen LogP contribution in [0.4, 0.5) is 0 Å². The maximum atomic E-state index is 12.4. The van der Waals surface area contributed by atoms with E-state index in [4.69, 9.17) is 5.73 Å². The minimum atomic E-state index is -0.272. The molecule has 0 aliphatic heterocycles. The second-order valence-electron chi connectivity index (χ2n) is 6.33. The average Bonchev–Trinajstić information content (AvgIpc) is 2.47. The Bertz CT molecular complexity index is 276. The van der Waals surface area contributed by atoms with Crippen molar-refractivity contribution in [2.24, 2.45) is 17.1 Å². The highest BCUT2D eigenvalue weighted by molar-refractivity contribution is 7.98. The number of nitrogens with two attached hydrogens (primary N) is 1. The molecule has 0 atom stereocenters. The summed E-state index contributed by atoms with van der Waals surface area (Å²) in [6.45, 7) is 3.58. The fraction of sp³-hybridized carbons (Fsp3) is 0.938. The van der Waals surface area contributed by atoms with Gasteiger partial charge in [0.1, 0.15) is 0 Å². The third kappa shape index (κ3) is 5.65. The van der Waals surface area contributed by atoms with Crippen molar-refractivity contribution in [2.75, 3.05) is 25.1 Å². The molecule has 0 aromatic carbocycles. The van der Waals surface area contributed by atoms with Crippen molar-refractivity contribution in [2.45, 2.75) is 58.3 Å². The van der Waals surface area contributed by atoms with Crippen molar-refractivity contribution in [3.8, 4) is 0 Å². The SMILES string of the molecule is CSCCCCCCNC(=O)C1(CN)CCC(C)CC1. The number of carbonyl (C=O) groups excluding carboxylic acids is 1. The van der Waals surface area contributed by atoms with E-state index < -0.39 is 0 Å². The van der Waals surface area contributed by atoms with Gasteiger partial charge in [0.25, 0.3) is 0 Å². The number of carbonyl (C=O) groups is 1. The molecule has 20 heavy (non-hydrogen) atoms. The lowest BCUT2D eigenvalue weighted by molar-refractivity contribution is -0.132. The smallest absolute Gasteiger partial charge is 0.227 e. The Hall–Kier alpha value is -0.220. The number of thioether (sulfide) groups is 1. The Labute approximate surface area is 128 Å². The standard InChI is InChI=1S/C16H32N2OS/c1-14-7-9-16(13-17,10-8-14)15(19)18-11-5-3-4-6-12-20-2/h14H,3-13,17H2,1-2H3,(H,18,19). The van der Waals surface area contributed by atoms with Crippen molar-refractivity contribution >= 4 is 17.7 Å². The fourth-order valence-electron chi connectivity index (χ4n) is 2.95. The quantitative estimate of drug-likeness (QED) is 0.643. The van der Waals surface area contributed by atoms with Gasteiger partial charge in [-0.3, -0.25) is 4.79 Å². The van der Waals surface area contributed by atoms with Crippen LogP contribution in [0, 0.1) is 11.3 Å². The number of nitrogens with one attached hydrogen (secondary N) is 1. The maximum Gasteiger partial charge on any atom is 0.227 e. The van der Waals surface area contributed by atoms with Crippen LogP contribution in [0.25, 0.3) is 0 Å². The average molecular weight is 301 g/mol. The van der Waals surface area contributed by atoms with Crippen LogP contribution in [0.1, 0.15) is 58.3 Å². The molecule has 0 radical (unpaired) electrons. The predicted octanol–water partition coefficient (Wildman–Crippen LogP) is 3.18. The van der Waals surface area contributed by atoms with Gasteiger partial charge >= 0.3 is 0 Å². The van der Waals surface area contributed by atoms with Crippen LogP contribution in [-0.4, -0.2) is 31.0 Å². The van der Waals surface area contributed by atoms with Crippen molar-refractivity contribution in [3.05, 3.63) is 0 Å². The van der Waals surface area contributed by atoms with E-state index in [1.165, 1.54) is 25.0 Å². The van der Waals surface area contributed by atoms with Gasteiger partial charge in [-0.25, -0.2) is 0 Å². The first-order chi connectivity index (χ1) is 9.64. The van der Waals surface area contributed by atoms with Gasteiger partial charge in [0.15, 0.2) is 0 Å². The minimum absolute atomic E-state index is 0.205. The number of unbranched alkanes of at least 4 members (excludes halogenated alkanes) is 3. The molecule has 118 valence electrons. The molecule has 1 amide bonds. The molecule has 0 unspecified atom stereocenters. The lowest BCUT2D eigenvalue weighted by Crippen LogP contribution is -2.48. The topological polar surface area (TPSA) is 55.1 Å². The lowest BCUT2D eigenvalue weighted by atomic mass is 9.70. The van der Waals surface area contributed by atoms with Crippen LogP contribution >= 0.6 is 11.8 Å². The highest BCUT2D eigenvalue weighted by atomic mass is 32.2. The summed E-state index contributed by atoms with van der Waals surface area (Å²) in [5.41, 5.74) is 5.63. The summed E-state index contributed by atoms with van der Waals surface area (Å²) in [4.78, 5) is 12.4. The molecule has 0 heterocycles. The van der Waals surface area contributed by atoms with Gasteiger partial charge in [0.2, 0.25) is 5.91 Å². The van der Waals surface area contributed by atoms with Gasteiger partial charge in [-0.1, -0.05) is 19.8 Å². The van der Waals surface area contributed by atoms with Crippen molar-refractivity contribution in [1.82, 2.24) is 5.32 Å². The zero-order chi connectivity index (χ0) is 14.8. The van der Waals surface area contributed by atoms with Gasteiger partial charge < -0.3 is 11.1 Å². The molecule has 1 aliphatic rings. The molecule has 0 saturated heterocycles. The Morgan fingerprint density at radius 3 is 2.50 bits per heavy atom. The normalized spacial score (nSPS) is 26.4. The first-order valence-electron chi connectivity index (χ1n) is 8.12. The van der Waals surface area contributed by atoms with Crippen molar-refractivity contribution in [3.63, 3.8) is 0 Å². The molecule has 3 N–H and O–H groups in total. The number of rotatable bonds is 9. The summed E-state index contributed by atoms with van der Waals surface area (Å²) < 4.78 is 0. The van der Waals surface area contributed by atoms with Crippen molar-refractivity contribution < 1.29 is 4.79 Å². The highest BCUT2D eigenvalue weighted by Crippen LogP contribution is 2.38. The largest absolute Gasteiger partial charge is 0.356 e. The maximum absolute atomic E-state index is 12.4. The monoisotopic (exact) mass is 300 g/mol. The molecule has 1 fully saturated rings. The molecule has 0 aromatic rings. The minimum Gasteiger partial charge on any atom is -0.356 e. The highest BCUT2D eigenvalue weighted by Gasteiger charge is 2.39. The summed E-state index contributed by atoms with van der Waals surface area (Å²) >= 11 is 1.91. The van der Waals surface area contributed by atoms with E-state index in [1.807, 2.05) is 11.8 Å². The lowest BCUT2D eigenvalue weighted by Gasteiger charge is -2.37. The predicted molar refractivity (Wildman–Crippen MR) is 89.0 cm³/mol. The summed E-state index contributed by atoms with van der Waals surface area (Å²) in [5, 5.41) is 3.13. The molecule has 0 spiro atoms. The molecule has 1 aliphatic carbocycles. The second kappa shape index (κ2) is 9.67. The zero-order valence-corrected chi connectivity index (χ0v) is 14.1. The van der Waals surface area contributed by atoms with E-state index in [-0.39, 0.29) is 11.3 Å².